The van der Waals surface area contributed by atoms with Crippen LogP contribution in [0.25, 0.3) is 0 Å². The first-order chi connectivity index (χ1) is 10.2. The molecule has 1 aromatic rings. The highest BCUT2D eigenvalue weighted by atomic mass is 32.2. The number of hydrogen-bond acceptors (Lipinski definition) is 6. The minimum absolute atomic E-state index is 0.418. The van der Waals surface area contributed by atoms with Gasteiger partial charge in [0.2, 0.25) is 0 Å². The molecule has 0 saturated carbocycles. The summed E-state index contributed by atoms with van der Waals surface area (Å²) in [6.45, 7) is 0. The topological polar surface area (TPSA) is 52.6 Å². The molecule has 1 fully saturated rings. The Labute approximate surface area is 133 Å². The predicted octanol–water partition coefficient (Wildman–Crippen LogP) is 2.76. The maximum Gasteiger partial charge on any atom is 0.348 e. The molecule has 0 N–H and O–H groups in total. The molecule has 0 spiro atoms. The maximum absolute atomic E-state index is 11.8. The zero-order valence-electron chi connectivity index (χ0n) is 11.8. The molecule has 0 aromatic heterocycles. The highest BCUT2D eigenvalue weighted by molar-refractivity contribution is 7.99. The number of rotatable bonds is 7. The second-order valence-corrected chi connectivity index (χ2v) is 6.74. The van der Waals surface area contributed by atoms with Gasteiger partial charge in [-0.3, -0.25) is 0 Å². The Hall–Kier alpha value is -1.14. The van der Waals surface area contributed by atoms with Gasteiger partial charge in [0, 0.05) is 23.5 Å². The SMILES string of the molecule is CSCC[C@H]1OC(=O)[C@@H](CCSc2ccccc2)OC1=O. The molecule has 6 heteroatoms. The number of carbonyl (C=O) groups excluding carboxylic acids is 2. The molecule has 114 valence electrons. The van der Waals surface area contributed by atoms with Crippen LogP contribution in [0.2, 0.25) is 0 Å². The van der Waals surface area contributed by atoms with E-state index in [2.05, 4.69) is 0 Å². The van der Waals surface area contributed by atoms with E-state index < -0.39 is 24.1 Å². The zero-order chi connectivity index (χ0) is 15.1. The average molecular weight is 326 g/mol. The second-order valence-electron chi connectivity index (χ2n) is 4.58. The Balaban J connectivity index is 1.77. The average Bonchev–Trinajstić information content (AvgIpc) is 2.50. The van der Waals surface area contributed by atoms with E-state index in [4.69, 9.17) is 9.47 Å². The Morgan fingerprint density at radius 1 is 0.952 bits per heavy atom. The summed E-state index contributed by atoms with van der Waals surface area (Å²) in [6, 6.07) is 9.91. The standard InChI is InChI=1S/C15H18O4S2/c1-20-9-7-12-14(16)19-13(15(17)18-12)8-10-21-11-5-3-2-4-6-11/h2-6,12-13H,7-10H2,1H3/t12-,13-/m1/s1. The smallest absolute Gasteiger partial charge is 0.348 e. The first-order valence-electron chi connectivity index (χ1n) is 6.78. The van der Waals surface area contributed by atoms with Crippen LogP contribution in [0, 0.1) is 0 Å². The quantitative estimate of drug-likeness (QED) is 0.567. The van der Waals surface area contributed by atoms with Gasteiger partial charge in [-0.25, -0.2) is 9.59 Å². The summed E-state index contributed by atoms with van der Waals surface area (Å²) >= 11 is 3.24. The van der Waals surface area contributed by atoms with Crippen molar-refractivity contribution in [2.75, 3.05) is 17.8 Å². The number of carbonyl (C=O) groups is 2. The van der Waals surface area contributed by atoms with Crippen LogP contribution < -0.4 is 0 Å². The number of thioether (sulfide) groups is 2. The van der Waals surface area contributed by atoms with E-state index in [1.165, 1.54) is 0 Å². The molecule has 1 saturated heterocycles. The van der Waals surface area contributed by atoms with Crippen molar-refractivity contribution in [3.63, 3.8) is 0 Å². The Bertz CT molecular complexity index is 478. The fourth-order valence-corrected chi connectivity index (χ4v) is 3.27. The van der Waals surface area contributed by atoms with Gasteiger partial charge in [0.15, 0.2) is 12.2 Å². The van der Waals surface area contributed by atoms with Crippen molar-refractivity contribution in [3.8, 4) is 0 Å². The number of benzene rings is 1. The van der Waals surface area contributed by atoms with E-state index >= 15 is 0 Å². The summed E-state index contributed by atoms with van der Waals surface area (Å²) in [6.07, 6.45) is 1.43. The molecule has 4 nitrogen and oxygen atoms in total. The van der Waals surface area contributed by atoms with Crippen molar-refractivity contribution < 1.29 is 19.1 Å². The molecule has 1 aromatic carbocycles. The van der Waals surface area contributed by atoms with Gasteiger partial charge in [0.1, 0.15) is 0 Å². The van der Waals surface area contributed by atoms with Crippen LogP contribution >= 0.6 is 23.5 Å². The summed E-state index contributed by atoms with van der Waals surface area (Å²) in [5, 5.41) is 0. The van der Waals surface area contributed by atoms with E-state index in [1.54, 1.807) is 23.5 Å². The fraction of sp³-hybridized carbons (Fsp3) is 0.467. The van der Waals surface area contributed by atoms with Crippen molar-refractivity contribution in [3.05, 3.63) is 30.3 Å². The van der Waals surface area contributed by atoms with Crippen LogP contribution in [-0.4, -0.2) is 41.9 Å². The molecule has 0 unspecified atom stereocenters. The lowest BCUT2D eigenvalue weighted by atomic mass is 10.2. The Morgan fingerprint density at radius 2 is 1.52 bits per heavy atom. The van der Waals surface area contributed by atoms with Crippen LogP contribution in [0.5, 0.6) is 0 Å². The molecule has 0 bridgehead atoms. The van der Waals surface area contributed by atoms with Crippen LogP contribution in [0.15, 0.2) is 35.2 Å². The molecule has 0 aliphatic carbocycles. The van der Waals surface area contributed by atoms with Crippen LogP contribution in [0.1, 0.15) is 12.8 Å². The summed E-state index contributed by atoms with van der Waals surface area (Å²) in [7, 11) is 0. The molecule has 1 heterocycles. The minimum atomic E-state index is -0.765. The summed E-state index contributed by atoms with van der Waals surface area (Å²) in [5.74, 6) is 0.626. The van der Waals surface area contributed by atoms with Crippen molar-refractivity contribution in [2.24, 2.45) is 0 Å². The van der Waals surface area contributed by atoms with E-state index in [9.17, 15) is 9.59 Å². The van der Waals surface area contributed by atoms with Crippen molar-refractivity contribution in [1.29, 1.82) is 0 Å². The Morgan fingerprint density at radius 3 is 2.10 bits per heavy atom. The molecule has 21 heavy (non-hydrogen) atoms. The lowest BCUT2D eigenvalue weighted by Gasteiger charge is -2.27. The van der Waals surface area contributed by atoms with E-state index in [0.717, 1.165) is 10.6 Å². The van der Waals surface area contributed by atoms with Gasteiger partial charge >= 0.3 is 11.9 Å². The summed E-state index contributed by atoms with van der Waals surface area (Å²) in [5.41, 5.74) is 0. The predicted molar refractivity (Wildman–Crippen MR) is 84.5 cm³/mol. The molecule has 2 atom stereocenters. The number of ether oxygens (including phenoxy) is 2. The van der Waals surface area contributed by atoms with Gasteiger partial charge in [-0.2, -0.15) is 11.8 Å². The molecular weight excluding hydrogens is 308 g/mol. The van der Waals surface area contributed by atoms with Crippen LogP contribution in [0.3, 0.4) is 0 Å². The van der Waals surface area contributed by atoms with Crippen molar-refractivity contribution in [2.45, 2.75) is 29.9 Å². The van der Waals surface area contributed by atoms with Crippen LogP contribution in [-0.2, 0) is 19.1 Å². The lowest BCUT2D eigenvalue weighted by Crippen LogP contribution is -2.44. The zero-order valence-corrected chi connectivity index (χ0v) is 13.5. The fourth-order valence-electron chi connectivity index (χ4n) is 1.91. The minimum Gasteiger partial charge on any atom is -0.448 e. The highest BCUT2D eigenvalue weighted by Crippen LogP contribution is 2.22. The van der Waals surface area contributed by atoms with Gasteiger partial charge in [0.25, 0.3) is 0 Å². The van der Waals surface area contributed by atoms with Gasteiger partial charge in [-0.15, -0.1) is 11.8 Å². The third-order valence-corrected chi connectivity index (χ3v) is 4.71. The third-order valence-electron chi connectivity index (χ3n) is 3.02. The number of hydrogen-bond donors (Lipinski definition) is 0. The number of cyclic esters (lactones) is 2. The van der Waals surface area contributed by atoms with E-state index in [1.807, 2.05) is 36.6 Å². The lowest BCUT2D eigenvalue weighted by molar-refractivity contribution is -0.195. The maximum atomic E-state index is 11.8. The molecule has 2 rings (SSSR count). The molecule has 0 radical (unpaired) electrons. The van der Waals surface area contributed by atoms with E-state index in [-0.39, 0.29) is 0 Å². The molecular formula is C15H18O4S2. The monoisotopic (exact) mass is 326 g/mol. The first kappa shape index (κ1) is 16.2. The van der Waals surface area contributed by atoms with Gasteiger partial charge in [-0.05, 0) is 24.1 Å². The highest BCUT2D eigenvalue weighted by Gasteiger charge is 2.37. The van der Waals surface area contributed by atoms with Crippen molar-refractivity contribution in [1.82, 2.24) is 0 Å². The summed E-state index contributed by atoms with van der Waals surface area (Å²) in [4.78, 5) is 24.7. The van der Waals surface area contributed by atoms with Gasteiger partial charge < -0.3 is 9.47 Å². The molecule has 0 amide bonds. The largest absolute Gasteiger partial charge is 0.448 e. The van der Waals surface area contributed by atoms with Crippen molar-refractivity contribution >= 4 is 35.5 Å². The van der Waals surface area contributed by atoms with Gasteiger partial charge in [0.05, 0.1) is 0 Å². The summed E-state index contributed by atoms with van der Waals surface area (Å²) < 4.78 is 10.4. The number of esters is 2. The van der Waals surface area contributed by atoms with E-state index in [0.29, 0.717) is 18.6 Å². The van der Waals surface area contributed by atoms with Crippen LogP contribution in [0.4, 0.5) is 0 Å². The Kier molecular flexibility index (Phi) is 6.45. The molecule has 1 aliphatic heterocycles. The molecule has 1 aliphatic rings. The third kappa shape index (κ3) is 4.97. The second kappa shape index (κ2) is 8.34. The first-order valence-corrected chi connectivity index (χ1v) is 9.16. The normalized spacial score (nSPS) is 21.8. The van der Waals surface area contributed by atoms with Gasteiger partial charge in [-0.1, -0.05) is 18.2 Å².